The minimum absolute atomic E-state index is 1.05. The molecule has 4 nitrogen and oxygen atoms in total. The van der Waals surface area contributed by atoms with E-state index >= 15 is 0 Å². The van der Waals surface area contributed by atoms with Crippen molar-refractivity contribution < 1.29 is 0 Å². The van der Waals surface area contributed by atoms with E-state index in [1.165, 1.54) is 86.3 Å². The maximum absolute atomic E-state index is 4.91. The summed E-state index contributed by atoms with van der Waals surface area (Å²) >= 11 is 1.75. The van der Waals surface area contributed by atoms with Crippen LogP contribution in [0.5, 0.6) is 0 Å². The molecule has 0 N–H and O–H groups in total. The van der Waals surface area contributed by atoms with Gasteiger partial charge in [-0.25, -0.2) is 4.98 Å². The molecule has 2 aliphatic rings. The molecule has 11 rings (SSSR count). The van der Waals surface area contributed by atoms with Crippen molar-refractivity contribution in [3.8, 4) is 27.5 Å². The Kier molecular flexibility index (Phi) is 9.20. The first-order valence-corrected chi connectivity index (χ1v) is 22.1. The van der Waals surface area contributed by atoms with Crippen LogP contribution in [-0.2, 0) is 12.8 Å². The molecule has 0 amide bonds. The molecular weight excluding hydrogens is 749 g/mol. The second-order valence-electron chi connectivity index (χ2n) is 16.4. The number of aromatic nitrogens is 2. The van der Waals surface area contributed by atoms with Crippen LogP contribution in [0.1, 0.15) is 46.2 Å². The first kappa shape index (κ1) is 36.4. The molecule has 60 heavy (non-hydrogen) atoms. The van der Waals surface area contributed by atoms with E-state index in [-0.39, 0.29) is 0 Å². The number of aryl methyl sites for hydroxylation is 4. The van der Waals surface area contributed by atoms with Gasteiger partial charge in [0.05, 0.1) is 21.4 Å². The van der Waals surface area contributed by atoms with Crippen LogP contribution in [0.4, 0.5) is 22.7 Å². The number of anilines is 4. The van der Waals surface area contributed by atoms with Crippen molar-refractivity contribution >= 4 is 67.4 Å². The minimum Gasteiger partial charge on any atom is -0.371 e. The zero-order chi connectivity index (χ0) is 40.2. The van der Waals surface area contributed by atoms with E-state index in [0.717, 1.165) is 57.2 Å². The number of para-hydroxylation sites is 2. The molecule has 4 heterocycles. The number of thiazole rings is 1. The topological polar surface area (TPSA) is 24.3 Å². The van der Waals surface area contributed by atoms with Crippen LogP contribution < -0.4 is 9.80 Å². The molecule has 0 bridgehead atoms. The van der Waals surface area contributed by atoms with Crippen LogP contribution in [0.2, 0.25) is 0 Å². The van der Waals surface area contributed by atoms with E-state index in [1.54, 1.807) is 11.3 Å². The SMILES string of the molecule is Cc1ccc(N(c2ccc(C)cc2)c2ccc(-n3c(-c4cc5c6c(c4)CCCN6CCC5)c(C=Cc4ccc(-c5nc6ccccc6s5)cc4)c4ccccc43)cc2)cc1. The van der Waals surface area contributed by atoms with Gasteiger partial charge in [-0.2, -0.15) is 0 Å². The second-order valence-corrected chi connectivity index (χ2v) is 17.4. The summed E-state index contributed by atoms with van der Waals surface area (Å²) in [5, 5.41) is 2.30. The summed E-state index contributed by atoms with van der Waals surface area (Å²) in [5.41, 5.74) is 19.9. The van der Waals surface area contributed by atoms with Crippen LogP contribution >= 0.6 is 11.3 Å². The van der Waals surface area contributed by atoms with Gasteiger partial charge in [-0.3, -0.25) is 0 Å². The molecule has 7 aromatic carbocycles. The predicted octanol–water partition coefficient (Wildman–Crippen LogP) is 14.5. The smallest absolute Gasteiger partial charge is 0.124 e. The Bertz CT molecular complexity index is 2930. The van der Waals surface area contributed by atoms with E-state index in [4.69, 9.17) is 4.98 Å². The molecule has 0 unspecified atom stereocenters. The Morgan fingerprint density at radius 3 is 1.85 bits per heavy atom. The van der Waals surface area contributed by atoms with Crippen molar-refractivity contribution in [1.29, 1.82) is 0 Å². The third-order valence-electron chi connectivity index (χ3n) is 12.4. The Labute approximate surface area is 356 Å². The fourth-order valence-corrected chi connectivity index (χ4v) is 10.4. The van der Waals surface area contributed by atoms with Gasteiger partial charge in [-0.1, -0.05) is 102 Å². The van der Waals surface area contributed by atoms with Gasteiger partial charge in [0.25, 0.3) is 0 Å². The van der Waals surface area contributed by atoms with Crippen molar-refractivity contribution in [1.82, 2.24) is 9.55 Å². The van der Waals surface area contributed by atoms with E-state index in [9.17, 15) is 0 Å². The highest BCUT2D eigenvalue weighted by Crippen LogP contribution is 2.44. The summed E-state index contributed by atoms with van der Waals surface area (Å²) in [4.78, 5) is 9.91. The van der Waals surface area contributed by atoms with Gasteiger partial charge in [0.1, 0.15) is 5.01 Å². The van der Waals surface area contributed by atoms with Gasteiger partial charge in [-0.05, 0) is 141 Å². The molecule has 0 saturated heterocycles. The molecule has 0 saturated carbocycles. The quantitative estimate of drug-likeness (QED) is 0.153. The zero-order valence-corrected chi connectivity index (χ0v) is 34.9. The molecule has 0 fully saturated rings. The zero-order valence-electron chi connectivity index (χ0n) is 34.1. The molecule has 2 aliphatic heterocycles. The normalized spacial score (nSPS) is 13.7. The number of hydrogen-bond donors (Lipinski definition) is 0. The number of benzene rings is 7. The van der Waals surface area contributed by atoms with Crippen molar-refractivity contribution in [3.63, 3.8) is 0 Å². The average Bonchev–Trinajstić information content (AvgIpc) is 3.87. The highest BCUT2D eigenvalue weighted by atomic mass is 32.1. The predicted molar refractivity (Wildman–Crippen MR) is 256 cm³/mol. The second kappa shape index (κ2) is 15.2. The molecular formula is C55H46N4S. The minimum atomic E-state index is 1.05. The van der Waals surface area contributed by atoms with Crippen LogP contribution in [0.15, 0.2) is 158 Å². The summed E-state index contributed by atoms with van der Waals surface area (Å²) in [6.07, 6.45) is 9.30. The molecule has 0 aliphatic carbocycles. The summed E-state index contributed by atoms with van der Waals surface area (Å²) in [7, 11) is 0. The standard InChI is InChI=1S/C55H46N4S/c1-37-15-24-44(25-16-37)58(45-26-17-38(2)18-27-45)46-28-30-47(31-29-46)59-51-13-5-3-11-48(51)49(54(59)43-35-41-9-7-33-57-34-8-10-42(36-43)53(41)57)32-21-39-19-22-40(23-20-39)55-56-50-12-4-6-14-52(50)60-55/h3-6,11-32,35-36H,7-10,33-34H2,1-2H3. The summed E-state index contributed by atoms with van der Waals surface area (Å²) < 4.78 is 3.73. The fraction of sp³-hybridized carbons (Fsp3) is 0.145. The fourth-order valence-electron chi connectivity index (χ4n) is 9.42. The Balaban J connectivity index is 1.05. The van der Waals surface area contributed by atoms with Gasteiger partial charge < -0.3 is 14.4 Å². The van der Waals surface area contributed by atoms with Gasteiger partial charge in [0, 0.05) is 58.0 Å². The highest BCUT2D eigenvalue weighted by Gasteiger charge is 2.27. The lowest BCUT2D eigenvalue weighted by Gasteiger charge is -2.37. The average molecular weight is 795 g/mol. The number of rotatable bonds is 8. The molecule has 9 aromatic rings. The van der Waals surface area contributed by atoms with E-state index < -0.39 is 0 Å². The first-order valence-electron chi connectivity index (χ1n) is 21.3. The van der Waals surface area contributed by atoms with Crippen LogP contribution in [-0.4, -0.2) is 22.6 Å². The number of nitrogens with zero attached hydrogens (tertiary/aromatic N) is 4. The summed E-state index contributed by atoms with van der Waals surface area (Å²) in [6, 6.07) is 58.0. The maximum Gasteiger partial charge on any atom is 0.124 e. The van der Waals surface area contributed by atoms with Crippen LogP contribution in [0.25, 0.3) is 60.8 Å². The van der Waals surface area contributed by atoms with Crippen molar-refractivity contribution in [2.45, 2.75) is 39.5 Å². The lowest BCUT2D eigenvalue weighted by molar-refractivity contribution is 0.634. The van der Waals surface area contributed by atoms with Gasteiger partial charge >= 0.3 is 0 Å². The van der Waals surface area contributed by atoms with Gasteiger partial charge in [0.2, 0.25) is 0 Å². The highest BCUT2D eigenvalue weighted by molar-refractivity contribution is 7.21. The Morgan fingerprint density at radius 1 is 0.600 bits per heavy atom. The third-order valence-corrected chi connectivity index (χ3v) is 13.4. The van der Waals surface area contributed by atoms with Gasteiger partial charge in [0.15, 0.2) is 0 Å². The largest absolute Gasteiger partial charge is 0.371 e. The van der Waals surface area contributed by atoms with E-state index in [0.29, 0.717) is 0 Å². The van der Waals surface area contributed by atoms with E-state index in [1.807, 2.05) is 0 Å². The molecule has 292 valence electrons. The number of fused-ring (bicyclic) bond motifs is 2. The first-order chi connectivity index (χ1) is 29.5. The molecule has 2 aromatic heterocycles. The summed E-state index contributed by atoms with van der Waals surface area (Å²) in [5.74, 6) is 0. The lowest BCUT2D eigenvalue weighted by Crippen LogP contribution is -2.34. The number of hydrogen-bond acceptors (Lipinski definition) is 4. The Hall–Kier alpha value is -6.69. The third kappa shape index (κ3) is 6.60. The molecule has 0 radical (unpaired) electrons. The Morgan fingerprint density at radius 2 is 1.20 bits per heavy atom. The molecule has 5 heteroatoms. The van der Waals surface area contributed by atoms with Crippen molar-refractivity contribution in [3.05, 3.63) is 191 Å². The lowest BCUT2D eigenvalue weighted by atomic mass is 9.88. The van der Waals surface area contributed by atoms with Crippen LogP contribution in [0, 0.1) is 13.8 Å². The maximum atomic E-state index is 4.91. The molecule has 0 spiro atoms. The van der Waals surface area contributed by atoms with Crippen molar-refractivity contribution in [2.24, 2.45) is 0 Å². The monoisotopic (exact) mass is 794 g/mol. The summed E-state index contributed by atoms with van der Waals surface area (Å²) in [6.45, 7) is 6.62. The molecule has 0 atom stereocenters. The van der Waals surface area contributed by atoms with Crippen molar-refractivity contribution in [2.75, 3.05) is 22.9 Å². The van der Waals surface area contributed by atoms with Gasteiger partial charge in [-0.15, -0.1) is 11.3 Å². The van der Waals surface area contributed by atoms with Crippen LogP contribution in [0.3, 0.4) is 0 Å². The van der Waals surface area contributed by atoms with E-state index in [2.05, 4.69) is 198 Å².